The molecule has 0 spiro atoms. The molecule has 0 radical (unpaired) electrons. The largest absolute Gasteiger partial charge is 0.350 e. The van der Waals surface area contributed by atoms with E-state index < -0.39 is 0 Å². The number of rotatable bonds is 6. The van der Waals surface area contributed by atoms with Crippen molar-refractivity contribution in [3.05, 3.63) is 59.9 Å². The smallest absolute Gasteiger partial charge is 0.240 e. The van der Waals surface area contributed by atoms with Crippen LogP contribution in [0.2, 0.25) is 0 Å². The van der Waals surface area contributed by atoms with Crippen LogP contribution in [0.15, 0.2) is 48.5 Å². The summed E-state index contributed by atoms with van der Waals surface area (Å²) in [6, 6.07) is 15.7. The molecular formula is C22H24N4O2. The second-order valence-corrected chi connectivity index (χ2v) is 7.05. The number of hydrogen-bond donors (Lipinski definition) is 1. The van der Waals surface area contributed by atoms with E-state index in [1.54, 1.807) is 0 Å². The number of benzene rings is 2. The van der Waals surface area contributed by atoms with Gasteiger partial charge in [-0.2, -0.15) is 0 Å². The van der Waals surface area contributed by atoms with Crippen LogP contribution in [0, 0.1) is 0 Å². The molecule has 0 bridgehead atoms. The van der Waals surface area contributed by atoms with Crippen molar-refractivity contribution in [3.8, 4) is 0 Å². The number of fused-ring (bicyclic) bond motifs is 1. The predicted molar refractivity (Wildman–Crippen MR) is 109 cm³/mol. The van der Waals surface area contributed by atoms with Crippen LogP contribution in [-0.2, 0) is 29.1 Å². The maximum atomic E-state index is 12.5. The lowest BCUT2D eigenvalue weighted by atomic mass is 10.2. The number of anilines is 1. The van der Waals surface area contributed by atoms with Crippen molar-refractivity contribution < 1.29 is 9.59 Å². The number of nitrogens with zero attached hydrogens (tertiary/aromatic N) is 3. The molecule has 1 aliphatic heterocycles. The SMILES string of the molecule is CCc1nc2ccccc2n1CC(=O)NCc1ccc(N2CCCC2=O)cc1. The van der Waals surface area contributed by atoms with Gasteiger partial charge in [0.25, 0.3) is 0 Å². The van der Waals surface area contributed by atoms with Gasteiger partial charge >= 0.3 is 0 Å². The van der Waals surface area contributed by atoms with E-state index >= 15 is 0 Å². The monoisotopic (exact) mass is 376 g/mol. The Kier molecular flexibility index (Phi) is 5.10. The topological polar surface area (TPSA) is 67.2 Å². The maximum Gasteiger partial charge on any atom is 0.240 e. The third kappa shape index (κ3) is 3.63. The van der Waals surface area contributed by atoms with Crippen LogP contribution in [0.25, 0.3) is 11.0 Å². The predicted octanol–water partition coefficient (Wildman–Crippen LogP) is 3.04. The van der Waals surface area contributed by atoms with Gasteiger partial charge in [-0.25, -0.2) is 4.98 Å². The van der Waals surface area contributed by atoms with Gasteiger partial charge in [-0.1, -0.05) is 31.2 Å². The van der Waals surface area contributed by atoms with Crippen LogP contribution in [0.1, 0.15) is 31.2 Å². The Morgan fingerprint density at radius 3 is 2.64 bits per heavy atom. The zero-order chi connectivity index (χ0) is 19.5. The van der Waals surface area contributed by atoms with E-state index in [4.69, 9.17) is 0 Å². The average molecular weight is 376 g/mol. The Hall–Kier alpha value is -3.15. The molecule has 144 valence electrons. The third-order valence-electron chi connectivity index (χ3n) is 5.16. The molecule has 0 saturated carbocycles. The summed E-state index contributed by atoms with van der Waals surface area (Å²) in [6.45, 7) is 3.54. The molecule has 4 rings (SSSR count). The summed E-state index contributed by atoms with van der Waals surface area (Å²) in [7, 11) is 0. The van der Waals surface area contributed by atoms with E-state index in [1.807, 2.05) is 64.9 Å². The first-order valence-electron chi connectivity index (χ1n) is 9.76. The van der Waals surface area contributed by atoms with Gasteiger partial charge in [-0.3, -0.25) is 9.59 Å². The number of nitrogens with one attached hydrogen (secondary N) is 1. The molecule has 0 aliphatic carbocycles. The molecule has 1 N–H and O–H groups in total. The van der Waals surface area contributed by atoms with Gasteiger partial charge in [0.05, 0.1) is 11.0 Å². The van der Waals surface area contributed by atoms with E-state index in [-0.39, 0.29) is 18.4 Å². The number of para-hydroxylation sites is 2. The van der Waals surface area contributed by atoms with Crippen molar-refractivity contribution in [1.29, 1.82) is 0 Å². The van der Waals surface area contributed by atoms with Gasteiger partial charge in [0.15, 0.2) is 0 Å². The van der Waals surface area contributed by atoms with Crippen LogP contribution >= 0.6 is 0 Å². The molecule has 6 nitrogen and oxygen atoms in total. The van der Waals surface area contributed by atoms with Crippen LogP contribution in [0.4, 0.5) is 5.69 Å². The molecule has 28 heavy (non-hydrogen) atoms. The first kappa shape index (κ1) is 18.2. The number of amides is 2. The van der Waals surface area contributed by atoms with E-state index in [2.05, 4.69) is 10.3 Å². The first-order chi connectivity index (χ1) is 13.7. The highest BCUT2D eigenvalue weighted by atomic mass is 16.2. The number of hydrogen-bond acceptors (Lipinski definition) is 3. The minimum Gasteiger partial charge on any atom is -0.350 e. The summed E-state index contributed by atoms with van der Waals surface area (Å²) >= 11 is 0. The van der Waals surface area contributed by atoms with Crippen molar-refractivity contribution in [3.63, 3.8) is 0 Å². The van der Waals surface area contributed by atoms with Crippen molar-refractivity contribution in [2.75, 3.05) is 11.4 Å². The van der Waals surface area contributed by atoms with Crippen molar-refractivity contribution in [2.45, 2.75) is 39.3 Å². The van der Waals surface area contributed by atoms with Gasteiger partial charge < -0.3 is 14.8 Å². The Bertz CT molecular complexity index is 1010. The molecule has 2 aromatic carbocycles. The standard InChI is InChI=1S/C22H24N4O2/c1-2-20-24-18-6-3-4-7-19(18)26(20)15-21(27)23-14-16-9-11-17(12-10-16)25-13-5-8-22(25)28/h3-4,6-7,9-12H,2,5,8,13-15H2,1H3,(H,23,27). The van der Waals surface area contributed by atoms with Gasteiger partial charge in [-0.15, -0.1) is 0 Å². The molecule has 0 atom stereocenters. The van der Waals surface area contributed by atoms with Crippen molar-refractivity contribution in [1.82, 2.24) is 14.9 Å². The van der Waals surface area contributed by atoms with Gasteiger partial charge in [0.2, 0.25) is 11.8 Å². The van der Waals surface area contributed by atoms with Crippen LogP contribution in [-0.4, -0.2) is 27.9 Å². The van der Waals surface area contributed by atoms with E-state index in [1.165, 1.54) is 0 Å². The van der Waals surface area contributed by atoms with Crippen LogP contribution < -0.4 is 10.2 Å². The van der Waals surface area contributed by atoms with E-state index in [0.29, 0.717) is 13.0 Å². The summed E-state index contributed by atoms with van der Waals surface area (Å²) in [5.74, 6) is 1.05. The average Bonchev–Trinajstić information content (AvgIpc) is 3.30. The van der Waals surface area contributed by atoms with Crippen molar-refractivity contribution in [2.24, 2.45) is 0 Å². The third-order valence-corrected chi connectivity index (χ3v) is 5.16. The molecule has 2 heterocycles. The summed E-state index contributed by atoms with van der Waals surface area (Å²) in [6.07, 6.45) is 2.32. The normalized spacial score (nSPS) is 14.0. The zero-order valence-corrected chi connectivity index (χ0v) is 16.0. The Balaban J connectivity index is 1.39. The highest BCUT2D eigenvalue weighted by molar-refractivity contribution is 5.95. The molecule has 6 heteroatoms. The van der Waals surface area contributed by atoms with E-state index in [9.17, 15) is 9.59 Å². The second kappa shape index (κ2) is 7.84. The van der Waals surface area contributed by atoms with Crippen LogP contribution in [0.3, 0.4) is 0 Å². The molecule has 1 fully saturated rings. The first-order valence-corrected chi connectivity index (χ1v) is 9.76. The number of imidazole rings is 1. The number of carbonyl (C=O) groups is 2. The Morgan fingerprint density at radius 1 is 1.14 bits per heavy atom. The summed E-state index contributed by atoms with van der Waals surface area (Å²) < 4.78 is 1.98. The fourth-order valence-corrected chi connectivity index (χ4v) is 3.69. The molecular weight excluding hydrogens is 352 g/mol. The Labute approximate surface area is 164 Å². The molecule has 1 saturated heterocycles. The molecule has 0 unspecified atom stereocenters. The fraction of sp³-hybridized carbons (Fsp3) is 0.318. The van der Waals surface area contributed by atoms with Gasteiger partial charge in [0, 0.05) is 31.6 Å². The molecule has 1 aromatic heterocycles. The number of aryl methyl sites for hydroxylation is 1. The second-order valence-electron chi connectivity index (χ2n) is 7.05. The van der Waals surface area contributed by atoms with Crippen molar-refractivity contribution >= 4 is 28.5 Å². The number of aromatic nitrogens is 2. The summed E-state index contributed by atoms with van der Waals surface area (Å²) in [5.41, 5.74) is 3.83. The zero-order valence-electron chi connectivity index (χ0n) is 16.0. The van der Waals surface area contributed by atoms with Gasteiger partial charge in [-0.05, 0) is 36.2 Å². The number of carbonyl (C=O) groups excluding carboxylic acids is 2. The minimum atomic E-state index is -0.0448. The lowest BCUT2D eigenvalue weighted by Gasteiger charge is -2.16. The Morgan fingerprint density at radius 2 is 1.93 bits per heavy atom. The lowest BCUT2D eigenvalue weighted by molar-refractivity contribution is -0.121. The van der Waals surface area contributed by atoms with Crippen LogP contribution in [0.5, 0.6) is 0 Å². The highest BCUT2D eigenvalue weighted by Gasteiger charge is 2.21. The maximum absolute atomic E-state index is 12.5. The fourth-order valence-electron chi connectivity index (χ4n) is 3.69. The lowest BCUT2D eigenvalue weighted by Crippen LogP contribution is -2.28. The summed E-state index contributed by atoms with van der Waals surface area (Å²) in [5, 5.41) is 2.98. The quantitative estimate of drug-likeness (QED) is 0.719. The molecule has 2 amide bonds. The highest BCUT2D eigenvalue weighted by Crippen LogP contribution is 2.21. The van der Waals surface area contributed by atoms with Gasteiger partial charge in [0.1, 0.15) is 12.4 Å². The molecule has 3 aromatic rings. The summed E-state index contributed by atoms with van der Waals surface area (Å²) in [4.78, 5) is 30.8. The minimum absolute atomic E-state index is 0.0448. The van der Waals surface area contributed by atoms with E-state index in [0.717, 1.165) is 47.5 Å². The molecule has 1 aliphatic rings.